The van der Waals surface area contributed by atoms with E-state index in [1.54, 1.807) is 0 Å². The zero-order valence-electron chi connectivity index (χ0n) is 9.86. The molecular formula is C13H18N2S. The molecule has 2 nitrogen and oxygen atoms in total. The van der Waals surface area contributed by atoms with Gasteiger partial charge in [-0.15, -0.1) is 0 Å². The molecule has 0 spiro atoms. The van der Waals surface area contributed by atoms with Crippen LogP contribution in [0.1, 0.15) is 18.1 Å². The van der Waals surface area contributed by atoms with Crippen molar-refractivity contribution in [3.8, 4) is 0 Å². The molecule has 1 aliphatic rings. The summed E-state index contributed by atoms with van der Waals surface area (Å²) in [5.74, 6) is 1.14. The molecule has 1 heterocycles. The van der Waals surface area contributed by atoms with Crippen LogP contribution in [0.5, 0.6) is 0 Å². The average molecular weight is 234 g/mol. The zero-order valence-corrected chi connectivity index (χ0v) is 10.7. The standard InChI is InChI=1S/C13H18N2S/c1-10-5-3-4-6-12(10)7-8-14-13-15-11(2)9-16-13/h3-6,11H,7-9H2,1-2H3,(H,14,15). The third kappa shape index (κ3) is 3.01. The fourth-order valence-electron chi connectivity index (χ4n) is 1.76. The number of hydrogen-bond acceptors (Lipinski definition) is 2. The summed E-state index contributed by atoms with van der Waals surface area (Å²) in [4.78, 5) is 4.58. The Balaban J connectivity index is 1.86. The first kappa shape index (κ1) is 11.5. The monoisotopic (exact) mass is 234 g/mol. The summed E-state index contributed by atoms with van der Waals surface area (Å²) in [7, 11) is 0. The summed E-state index contributed by atoms with van der Waals surface area (Å²) in [5.41, 5.74) is 2.77. The van der Waals surface area contributed by atoms with E-state index < -0.39 is 0 Å². The molecular weight excluding hydrogens is 216 g/mol. The highest BCUT2D eigenvalue weighted by Gasteiger charge is 2.14. The second kappa shape index (κ2) is 5.39. The van der Waals surface area contributed by atoms with E-state index in [9.17, 15) is 0 Å². The topological polar surface area (TPSA) is 24.4 Å². The minimum Gasteiger partial charge on any atom is -0.362 e. The lowest BCUT2D eigenvalue weighted by Gasteiger charge is -2.04. The SMILES string of the molecule is Cc1ccccc1CCN=C1NC(C)CS1. The summed E-state index contributed by atoms with van der Waals surface area (Å²) >= 11 is 1.83. The Hall–Kier alpha value is -0.960. The zero-order chi connectivity index (χ0) is 11.4. The van der Waals surface area contributed by atoms with Gasteiger partial charge in [0, 0.05) is 18.3 Å². The van der Waals surface area contributed by atoms with Gasteiger partial charge in [0.15, 0.2) is 5.17 Å². The van der Waals surface area contributed by atoms with Crippen molar-refractivity contribution in [2.24, 2.45) is 4.99 Å². The molecule has 0 aliphatic carbocycles. The fraction of sp³-hybridized carbons (Fsp3) is 0.462. The van der Waals surface area contributed by atoms with Gasteiger partial charge in [-0.3, -0.25) is 4.99 Å². The minimum atomic E-state index is 0.571. The molecule has 1 aromatic carbocycles. The van der Waals surface area contributed by atoms with E-state index in [4.69, 9.17) is 0 Å². The molecule has 2 rings (SSSR count). The van der Waals surface area contributed by atoms with E-state index in [1.165, 1.54) is 11.1 Å². The van der Waals surface area contributed by atoms with Crippen LogP contribution < -0.4 is 5.32 Å². The lowest BCUT2D eigenvalue weighted by atomic mass is 10.1. The highest BCUT2D eigenvalue weighted by molar-refractivity contribution is 8.14. The second-order valence-electron chi connectivity index (χ2n) is 4.22. The van der Waals surface area contributed by atoms with Crippen LogP contribution in [-0.4, -0.2) is 23.5 Å². The second-order valence-corrected chi connectivity index (χ2v) is 5.23. The molecule has 86 valence electrons. The van der Waals surface area contributed by atoms with Crippen molar-refractivity contribution in [2.45, 2.75) is 26.3 Å². The summed E-state index contributed by atoms with van der Waals surface area (Å²) < 4.78 is 0. The third-order valence-corrected chi connectivity index (χ3v) is 3.92. The van der Waals surface area contributed by atoms with Crippen molar-refractivity contribution in [1.82, 2.24) is 5.32 Å². The Labute approximate surface area is 102 Å². The number of benzene rings is 1. The molecule has 0 amide bonds. The van der Waals surface area contributed by atoms with Crippen LogP contribution >= 0.6 is 11.8 Å². The average Bonchev–Trinajstić information content (AvgIpc) is 2.67. The van der Waals surface area contributed by atoms with E-state index in [1.807, 2.05) is 11.8 Å². The van der Waals surface area contributed by atoms with E-state index in [0.717, 1.165) is 23.9 Å². The first-order valence-electron chi connectivity index (χ1n) is 5.74. The molecule has 16 heavy (non-hydrogen) atoms. The van der Waals surface area contributed by atoms with Crippen LogP contribution in [0.15, 0.2) is 29.3 Å². The molecule has 1 atom stereocenters. The quantitative estimate of drug-likeness (QED) is 0.869. The third-order valence-electron chi connectivity index (χ3n) is 2.74. The normalized spacial score (nSPS) is 22.4. The highest BCUT2D eigenvalue weighted by Crippen LogP contribution is 2.13. The first-order chi connectivity index (χ1) is 7.75. The molecule has 1 saturated heterocycles. The van der Waals surface area contributed by atoms with Gasteiger partial charge in [-0.2, -0.15) is 0 Å². The predicted molar refractivity (Wildman–Crippen MR) is 72.2 cm³/mol. The number of rotatable bonds is 3. The van der Waals surface area contributed by atoms with Crippen LogP contribution in [0.3, 0.4) is 0 Å². The summed E-state index contributed by atoms with van der Waals surface area (Å²) in [6.07, 6.45) is 1.03. The maximum Gasteiger partial charge on any atom is 0.156 e. The highest BCUT2D eigenvalue weighted by atomic mass is 32.2. The molecule has 1 fully saturated rings. The van der Waals surface area contributed by atoms with Gasteiger partial charge in [-0.1, -0.05) is 36.0 Å². The number of aryl methyl sites for hydroxylation is 1. The predicted octanol–water partition coefficient (Wildman–Crippen LogP) is 2.62. The lowest BCUT2D eigenvalue weighted by molar-refractivity contribution is 0.763. The van der Waals surface area contributed by atoms with Gasteiger partial charge in [0.2, 0.25) is 0 Å². The molecule has 1 aliphatic heterocycles. The van der Waals surface area contributed by atoms with Gasteiger partial charge in [-0.25, -0.2) is 0 Å². The van der Waals surface area contributed by atoms with Gasteiger partial charge < -0.3 is 5.32 Å². The van der Waals surface area contributed by atoms with Crippen LogP contribution in [0.25, 0.3) is 0 Å². The van der Waals surface area contributed by atoms with Crippen molar-refractivity contribution in [2.75, 3.05) is 12.3 Å². The molecule has 1 unspecified atom stereocenters. The molecule has 3 heteroatoms. The van der Waals surface area contributed by atoms with Crippen LogP contribution in [0, 0.1) is 6.92 Å². The molecule has 1 aromatic rings. The van der Waals surface area contributed by atoms with Crippen molar-refractivity contribution in [3.63, 3.8) is 0 Å². The lowest BCUT2D eigenvalue weighted by Crippen LogP contribution is -2.23. The summed E-state index contributed by atoms with van der Waals surface area (Å²) in [5, 5.41) is 4.48. The van der Waals surface area contributed by atoms with Crippen molar-refractivity contribution in [1.29, 1.82) is 0 Å². The van der Waals surface area contributed by atoms with E-state index in [0.29, 0.717) is 6.04 Å². The van der Waals surface area contributed by atoms with Gasteiger partial charge in [0.1, 0.15) is 0 Å². The molecule has 0 bridgehead atoms. The van der Waals surface area contributed by atoms with Gasteiger partial charge in [0.25, 0.3) is 0 Å². The number of amidine groups is 1. The molecule has 0 saturated carbocycles. The maximum atomic E-state index is 4.58. The van der Waals surface area contributed by atoms with Crippen LogP contribution in [0.4, 0.5) is 0 Å². The largest absolute Gasteiger partial charge is 0.362 e. The Morgan fingerprint density at radius 1 is 1.44 bits per heavy atom. The molecule has 1 N–H and O–H groups in total. The van der Waals surface area contributed by atoms with E-state index in [-0.39, 0.29) is 0 Å². The van der Waals surface area contributed by atoms with Gasteiger partial charge in [-0.05, 0) is 31.4 Å². The number of aliphatic imine (C=N–C) groups is 1. The number of hydrogen-bond donors (Lipinski definition) is 1. The Bertz CT molecular complexity index is 387. The number of thioether (sulfide) groups is 1. The first-order valence-corrected chi connectivity index (χ1v) is 6.72. The summed E-state index contributed by atoms with van der Waals surface area (Å²) in [6.45, 7) is 5.23. The van der Waals surface area contributed by atoms with Crippen LogP contribution in [-0.2, 0) is 6.42 Å². The Morgan fingerprint density at radius 2 is 2.25 bits per heavy atom. The van der Waals surface area contributed by atoms with Gasteiger partial charge >= 0.3 is 0 Å². The van der Waals surface area contributed by atoms with Gasteiger partial charge in [0.05, 0.1) is 0 Å². The fourth-order valence-corrected chi connectivity index (χ4v) is 2.72. The minimum absolute atomic E-state index is 0.571. The maximum absolute atomic E-state index is 4.58. The van der Waals surface area contributed by atoms with E-state index in [2.05, 4.69) is 48.4 Å². The number of nitrogens with zero attached hydrogens (tertiary/aromatic N) is 1. The molecule has 0 aromatic heterocycles. The van der Waals surface area contributed by atoms with Crippen molar-refractivity contribution in [3.05, 3.63) is 35.4 Å². The van der Waals surface area contributed by atoms with Crippen LogP contribution in [0.2, 0.25) is 0 Å². The Kier molecular flexibility index (Phi) is 3.88. The smallest absolute Gasteiger partial charge is 0.156 e. The number of nitrogens with one attached hydrogen (secondary N) is 1. The molecule has 0 radical (unpaired) electrons. The van der Waals surface area contributed by atoms with E-state index >= 15 is 0 Å². The van der Waals surface area contributed by atoms with Crippen molar-refractivity contribution < 1.29 is 0 Å². The van der Waals surface area contributed by atoms with Crippen molar-refractivity contribution >= 4 is 16.9 Å². The summed E-state index contributed by atoms with van der Waals surface area (Å²) in [6, 6.07) is 9.10. The Morgan fingerprint density at radius 3 is 2.94 bits per heavy atom.